The second-order valence-corrected chi connectivity index (χ2v) is 6.76. The standard InChI is InChI=1S/C19H41N5.HI/c1-6-13-23(10-5)15-12-21-19(20-7-2)24-14-11-18(17-24)16-22(8-3)9-4;/h18H,6-17H2,1-5H3,(H,20,21);1H. The zero-order valence-electron chi connectivity index (χ0n) is 17.3. The topological polar surface area (TPSA) is 34.1 Å². The second kappa shape index (κ2) is 15.0. The molecule has 0 bridgehead atoms. The molecule has 150 valence electrons. The Hall–Kier alpha value is -0.0800. The van der Waals surface area contributed by atoms with Crippen LogP contribution in [0.25, 0.3) is 0 Å². The zero-order chi connectivity index (χ0) is 17.8. The van der Waals surface area contributed by atoms with Crippen molar-refractivity contribution in [3.63, 3.8) is 0 Å². The van der Waals surface area contributed by atoms with Gasteiger partial charge in [0.1, 0.15) is 0 Å². The van der Waals surface area contributed by atoms with Gasteiger partial charge in [0.2, 0.25) is 0 Å². The van der Waals surface area contributed by atoms with Gasteiger partial charge in [-0.05, 0) is 51.9 Å². The minimum absolute atomic E-state index is 0. The molecule has 6 heteroatoms. The van der Waals surface area contributed by atoms with Gasteiger partial charge < -0.3 is 20.0 Å². The highest BCUT2D eigenvalue weighted by atomic mass is 127. The van der Waals surface area contributed by atoms with E-state index in [1.807, 2.05) is 0 Å². The van der Waals surface area contributed by atoms with E-state index in [9.17, 15) is 0 Å². The minimum atomic E-state index is 0. The first-order valence-corrected chi connectivity index (χ1v) is 10.2. The molecule has 1 rings (SSSR count). The lowest BCUT2D eigenvalue weighted by atomic mass is 10.1. The van der Waals surface area contributed by atoms with Crippen LogP contribution in [0.5, 0.6) is 0 Å². The molecule has 1 N–H and O–H groups in total. The van der Waals surface area contributed by atoms with Crippen molar-refractivity contribution in [3.05, 3.63) is 0 Å². The lowest BCUT2D eigenvalue weighted by molar-refractivity contribution is 0.255. The summed E-state index contributed by atoms with van der Waals surface area (Å²) in [7, 11) is 0. The van der Waals surface area contributed by atoms with Crippen molar-refractivity contribution in [2.45, 2.75) is 47.5 Å². The van der Waals surface area contributed by atoms with Gasteiger partial charge in [-0.15, -0.1) is 24.0 Å². The van der Waals surface area contributed by atoms with Crippen molar-refractivity contribution >= 4 is 29.9 Å². The summed E-state index contributed by atoms with van der Waals surface area (Å²) in [6.45, 7) is 22.2. The lowest BCUT2D eigenvalue weighted by Crippen LogP contribution is -2.41. The van der Waals surface area contributed by atoms with E-state index in [1.165, 1.54) is 25.9 Å². The fourth-order valence-electron chi connectivity index (χ4n) is 3.49. The first-order valence-electron chi connectivity index (χ1n) is 10.2. The minimum Gasteiger partial charge on any atom is -0.357 e. The van der Waals surface area contributed by atoms with Crippen LogP contribution in [0.3, 0.4) is 0 Å². The number of rotatable bonds is 11. The maximum atomic E-state index is 4.90. The predicted octanol–water partition coefficient (Wildman–Crippen LogP) is 2.97. The van der Waals surface area contributed by atoms with Gasteiger partial charge in [-0.1, -0.05) is 27.7 Å². The molecule has 1 aliphatic rings. The smallest absolute Gasteiger partial charge is 0.193 e. The Morgan fingerprint density at radius 3 is 2.28 bits per heavy atom. The molecule has 0 aromatic rings. The first-order chi connectivity index (χ1) is 11.7. The quantitative estimate of drug-likeness (QED) is 0.288. The number of guanidine groups is 1. The molecule has 0 aromatic carbocycles. The SMILES string of the molecule is CCCN(CC)CCN=C(NCC)N1CCC(CN(CC)CC)C1.I. The Morgan fingerprint density at radius 1 is 1.04 bits per heavy atom. The summed E-state index contributed by atoms with van der Waals surface area (Å²) in [6, 6.07) is 0. The third kappa shape index (κ3) is 9.43. The van der Waals surface area contributed by atoms with E-state index >= 15 is 0 Å². The van der Waals surface area contributed by atoms with Gasteiger partial charge in [-0.2, -0.15) is 0 Å². The molecule has 0 amide bonds. The van der Waals surface area contributed by atoms with Crippen molar-refractivity contribution in [1.29, 1.82) is 0 Å². The van der Waals surface area contributed by atoms with Crippen LogP contribution >= 0.6 is 24.0 Å². The Labute approximate surface area is 173 Å². The molecular weight excluding hydrogens is 425 g/mol. The van der Waals surface area contributed by atoms with Crippen molar-refractivity contribution < 1.29 is 0 Å². The second-order valence-electron chi connectivity index (χ2n) is 6.76. The van der Waals surface area contributed by atoms with Crippen LogP contribution in [0, 0.1) is 5.92 Å². The summed E-state index contributed by atoms with van der Waals surface area (Å²) < 4.78 is 0. The summed E-state index contributed by atoms with van der Waals surface area (Å²) in [5.41, 5.74) is 0. The monoisotopic (exact) mass is 467 g/mol. The van der Waals surface area contributed by atoms with Gasteiger partial charge in [-0.3, -0.25) is 4.99 Å². The van der Waals surface area contributed by atoms with Crippen LogP contribution in [-0.4, -0.2) is 86.1 Å². The van der Waals surface area contributed by atoms with Crippen molar-refractivity contribution in [3.8, 4) is 0 Å². The highest BCUT2D eigenvalue weighted by molar-refractivity contribution is 14.0. The summed E-state index contributed by atoms with van der Waals surface area (Å²) in [5, 5.41) is 3.49. The average Bonchev–Trinajstić information content (AvgIpc) is 3.06. The predicted molar refractivity (Wildman–Crippen MR) is 121 cm³/mol. The largest absolute Gasteiger partial charge is 0.357 e. The number of likely N-dealkylation sites (tertiary alicyclic amines) is 1. The molecule has 0 aliphatic carbocycles. The van der Waals surface area contributed by atoms with E-state index in [0.29, 0.717) is 0 Å². The van der Waals surface area contributed by atoms with E-state index in [1.54, 1.807) is 0 Å². The molecule has 5 nitrogen and oxygen atoms in total. The molecule has 1 unspecified atom stereocenters. The molecule has 1 fully saturated rings. The molecule has 0 saturated carbocycles. The number of aliphatic imine (C=N–C) groups is 1. The Morgan fingerprint density at radius 2 is 1.72 bits per heavy atom. The number of hydrogen-bond donors (Lipinski definition) is 1. The molecule has 0 spiro atoms. The molecule has 1 heterocycles. The summed E-state index contributed by atoms with van der Waals surface area (Å²) in [6.07, 6.45) is 2.51. The third-order valence-electron chi connectivity index (χ3n) is 5.00. The molecule has 0 aromatic heterocycles. The van der Waals surface area contributed by atoms with Gasteiger partial charge in [0.15, 0.2) is 5.96 Å². The zero-order valence-corrected chi connectivity index (χ0v) is 19.6. The van der Waals surface area contributed by atoms with E-state index in [2.05, 4.69) is 54.6 Å². The molecular formula is C19H42IN5. The maximum absolute atomic E-state index is 4.90. The van der Waals surface area contributed by atoms with Crippen LogP contribution < -0.4 is 5.32 Å². The Balaban J connectivity index is 0.00000576. The van der Waals surface area contributed by atoms with E-state index < -0.39 is 0 Å². The van der Waals surface area contributed by atoms with Crippen LogP contribution in [-0.2, 0) is 0 Å². The van der Waals surface area contributed by atoms with Crippen molar-refractivity contribution in [2.75, 3.05) is 65.4 Å². The fourth-order valence-corrected chi connectivity index (χ4v) is 3.49. The Kier molecular flexibility index (Phi) is 15.0. The van der Waals surface area contributed by atoms with Crippen molar-refractivity contribution in [2.24, 2.45) is 10.9 Å². The molecule has 1 atom stereocenters. The van der Waals surface area contributed by atoms with E-state index in [-0.39, 0.29) is 24.0 Å². The van der Waals surface area contributed by atoms with E-state index in [4.69, 9.17) is 4.99 Å². The van der Waals surface area contributed by atoms with E-state index in [0.717, 1.165) is 64.2 Å². The van der Waals surface area contributed by atoms with Gasteiger partial charge in [-0.25, -0.2) is 0 Å². The number of nitrogens with zero attached hydrogens (tertiary/aromatic N) is 4. The summed E-state index contributed by atoms with van der Waals surface area (Å²) >= 11 is 0. The van der Waals surface area contributed by atoms with Gasteiger partial charge in [0.25, 0.3) is 0 Å². The summed E-state index contributed by atoms with van der Waals surface area (Å²) in [4.78, 5) is 12.4. The number of likely N-dealkylation sites (N-methyl/N-ethyl adjacent to an activating group) is 1. The highest BCUT2D eigenvalue weighted by Gasteiger charge is 2.25. The highest BCUT2D eigenvalue weighted by Crippen LogP contribution is 2.17. The van der Waals surface area contributed by atoms with Crippen LogP contribution in [0.4, 0.5) is 0 Å². The van der Waals surface area contributed by atoms with Gasteiger partial charge in [0.05, 0.1) is 6.54 Å². The number of halogens is 1. The first kappa shape index (κ1) is 24.9. The average molecular weight is 467 g/mol. The fraction of sp³-hybridized carbons (Fsp3) is 0.947. The molecule has 25 heavy (non-hydrogen) atoms. The third-order valence-corrected chi connectivity index (χ3v) is 5.00. The van der Waals surface area contributed by atoms with Crippen molar-refractivity contribution in [1.82, 2.24) is 20.0 Å². The van der Waals surface area contributed by atoms with Crippen LogP contribution in [0.1, 0.15) is 47.5 Å². The Bertz CT molecular complexity index is 347. The summed E-state index contributed by atoms with van der Waals surface area (Å²) in [5.74, 6) is 1.90. The van der Waals surface area contributed by atoms with Crippen LogP contribution in [0.2, 0.25) is 0 Å². The number of hydrogen-bond acceptors (Lipinski definition) is 3. The normalized spacial score (nSPS) is 18.1. The number of nitrogens with one attached hydrogen (secondary N) is 1. The molecule has 0 radical (unpaired) electrons. The lowest BCUT2D eigenvalue weighted by Gasteiger charge is -2.25. The van der Waals surface area contributed by atoms with Crippen LogP contribution in [0.15, 0.2) is 4.99 Å². The molecule has 1 saturated heterocycles. The van der Waals surface area contributed by atoms with Gasteiger partial charge >= 0.3 is 0 Å². The van der Waals surface area contributed by atoms with Gasteiger partial charge in [0, 0.05) is 32.7 Å². The molecule has 1 aliphatic heterocycles. The maximum Gasteiger partial charge on any atom is 0.193 e.